The molecule has 2 aromatic heterocycles. The molecular formula is C28H39N7O4S. The molecule has 0 unspecified atom stereocenters. The number of hydrogen-bond acceptors (Lipinski definition) is 9. The smallest absolute Gasteiger partial charge is 0.319 e. The number of amides is 2. The number of hydrogen-bond donors (Lipinski definition) is 4. The van der Waals surface area contributed by atoms with Crippen molar-refractivity contribution in [2.45, 2.75) is 36.5 Å². The Kier molecular flexibility index (Phi) is 9.26. The van der Waals surface area contributed by atoms with E-state index in [4.69, 9.17) is 14.7 Å². The molecule has 3 heterocycles. The maximum absolute atomic E-state index is 12.2. The predicted octanol–water partition coefficient (Wildman–Crippen LogP) is 4.49. The molecule has 12 heteroatoms. The zero-order chi connectivity index (χ0) is 28.9. The van der Waals surface area contributed by atoms with Crippen molar-refractivity contribution < 1.29 is 18.6 Å². The number of nitrogens with one attached hydrogen (secondary N) is 2. The molecule has 1 aliphatic rings. The van der Waals surface area contributed by atoms with Crippen LogP contribution in [-0.4, -0.2) is 88.0 Å². The van der Waals surface area contributed by atoms with E-state index >= 15 is 0 Å². The number of carbonyl (C=O) groups excluding carboxylic acids is 1. The number of morpholine rings is 1. The van der Waals surface area contributed by atoms with Crippen LogP contribution in [0.5, 0.6) is 0 Å². The molecule has 11 nitrogen and oxygen atoms in total. The van der Waals surface area contributed by atoms with Gasteiger partial charge in [-0.1, -0.05) is 0 Å². The van der Waals surface area contributed by atoms with Gasteiger partial charge in [0.1, 0.15) is 10.6 Å². The zero-order valence-electron chi connectivity index (χ0n) is 23.7. The van der Waals surface area contributed by atoms with Crippen molar-refractivity contribution in [3.8, 4) is 11.4 Å². The van der Waals surface area contributed by atoms with E-state index in [1.165, 1.54) is 0 Å². The van der Waals surface area contributed by atoms with Crippen molar-refractivity contribution in [2.24, 2.45) is 0 Å². The second kappa shape index (κ2) is 12.5. The molecule has 1 atom stereocenters. The molecule has 4 rings (SSSR count). The van der Waals surface area contributed by atoms with Gasteiger partial charge in [0.2, 0.25) is 0 Å². The first-order valence-corrected chi connectivity index (χ1v) is 14.8. The fourth-order valence-electron chi connectivity index (χ4n) is 4.33. The number of benzene rings is 1. The van der Waals surface area contributed by atoms with Crippen LogP contribution in [0.2, 0.25) is 0 Å². The summed E-state index contributed by atoms with van der Waals surface area (Å²) in [5.41, 5.74) is 1.88. The van der Waals surface area contributed by atoms with Crippen LogP contribution in [0.3, 0.4) is 0 Å². The van der Waals surface area contributed by atoms with Gasteiger partial charge in [0, 0.05) is 49.3 Å². The summed E-state index contributed by atoms with van der Waals surface area (Å²) < 4.78 is 27.4. The number of likely N-dealkylation sites (N-methyl/N-ethyl adjacent to an activating group) is 1. The van der Waals surface area contributed by atoms with Gasteiger partial charge in [-0.15, -0.1) is 0 Å². The topological polar surface area (TPSA) is 136 Å². The van der Waals surface area contributed by atoms with E-state index < -0.39 is 15.3 Å². The molecule has 0 aliphatic carbocycles. The monoisotopic (exact) mass is 569 g/mol. The zero-order valence-corrected chi connectivity index (χ0v) is 24.5. The minimum Gasteiger partial charge on any atom is -0.377 e. The third-order valence-corrected chi connectivity index (χ3v) is 9.49. The van der Waals surface area contributed by atoms with Crippen molar-refractivity contribution in [1.82, 2.24) is 25.2 Å². The third kappa shape index (κ3) is 6.70. The van der Waals surface area contributed by atoms with E-state index in [-0.39, 0.29) is 12.1 Å². The Balaban J connectivity index is 1.67. The average Bonchev–Trinajstić information content (AvgIpc) is 2.93. The Bertz CT molecular complexity index is 1290. The molecule has 0 bridgehead atoms. The molecule has 4 N–H and O–H groups in total. The highest BCUT2D eigenvalue weighted by molar-refractivity contribution is 8.25. The molecule has 1 fully saturated rings. The first-order chi connectivity index (χ1) is 19.0. The molecular weight excluding hydrogens is 530 g/mol. The normalized spacial score (nSPS) is 16.6. The fourth-order valence-corrected chi connectivity index (χ4v) is 5.81. The summed E-state index contributed by atoms with van der Waals surface area (Å²) in [5, 5.41) is 5.66. The van der Waals surface area contributed by atoms with Crippen LogP contribution in [0.25, 0.3) is 11.4 Å². The van der Waals surface area contributed by atoms with Gasteiger partial charge in [-0.25, -0.2) is 14.8 Å². The third-order valence-electron chi connectivity index (χ3n) is 6.93. The summed E-state index contributed by atoms with van der Waals surface area (Å²) in [6.07, 6.45) is 3.09. The van der Waals surface area contributed by atoms with E-state index in [0.29, 0.717) is 54.2 Å². The summed E-state index contributed by atoms with van der Waals surface area (Å²) in [5.74, 6) is 1.14. The molecule has 0 saturated carbocycles. The van der Waals surface area contributed by atoms with Gasteiger partial charge in [-0.3, -0.25) is 14.1 Å². The molecule has 1 aromatic carbocycles. The average molecular weight is 570 g/mol. The van der Waals surface area contributed by atoms with Crippen LogP contribution in [-0.2, 0) is 9.48 Å². The number of aromatic nitrogens is 3. The van der Waals surface area contributed by atoms with Gasteiger partial charge >= 0.3 is 6.03 Å². The van der Waals surface area contributed by atoms with E-state index in [9.17, 15) is 13.9 Å². The van der Waals surface area contributed by atoms with Crippen LogP contribution >= 0.6 is 10.6 Å². The second-order valence-corrected chi connectivity index (χ2v) is 13.1. The molecule has 40 heavy (non-hydrogen) atoms. The number of carbonyl (C=O) groups is 1. The van der Waals surface area contributed by atoms with Gasteiger partial charge in [0.15, 0.2) is 5.82 Å². The number of ether oxygens (including phenoxy) is 1. The van der Waals surface area contributed by atoms with Gasteiger partial charge in [-0.2, -0.15) is 10.6 Å². The van der Waals surface area contributed by atoms with Gasteiger partial charge in [-0.05, 0) is 71.3 Å². The summed E-state index contributed by atoms with van der Waals surface area (Å²) >= 11 is 0. The Morgan fingerprint density at radius 1 is 1.15 bits per heavy atom. The van der Waals surface area contributed by atoms with Crippen LogP contribution in [0.15, 0.2) is 59.8 Å². The highest BCUT2D eigenvalue weighted by Gasteiger charge is 2.40. The van der Waals surface area contributed by atoms with E-state index in [2.05, 4.69) is 27.4 Å². The minimum absolute atomic E-state index is 0.0885. The van der Waals surface area contributed by atoms with E-state index in [1.807, 2.05) is 37.2 Å². The highest BCUT2D eigenvalue weighted by Crippen LogP contribution is 2.63. The van der Waals surface area contributed by atoms with Crippen LogP contribution in [0.4, 0.5) is 16.3 Å². The van der Waals surface area contributed by atoms with E-state index in [0.717, 1.165) is 12.1 Å². The largest absolute Gasteiger partial charge is 0.377 e. The summed E-state index contributed by atoms with van der Waals surface area (Å²) in [4.78, 5) is 30.5. The quantitative estimate of drug-likeness (QED) is 0.294. The number of rotatable bonds is 9. The Hall–Kier alpha value is -3.29. The van der Waals surface area contributed by atoms with Crippen molar-refractivity contribution >= 4 is 28.1 Å². The first kappa shape index (κ1) is 29.7. The van der Waals surface area contributed by atoms with Crippen molar-refractivity contribution in [1.29, 1.82) is 0 Å². The lowest BCUT2D eigenvalue weighted by Gasteiger charge is -2.46. The Morgan fingerprint density at radius 3 is 2.50 bits per heavy atom. The summed E-state index contributed by atoms with van der Waals surface area (Å²) in [6, 6.07) is 12.2. The van der Waals surface area contributed by atoms with Gasteiger partial charge in [0.25, 0.3) is 0 Å². The van der Waals surface area contributed by atoms with Gasteiger partial charge in [0.05, 0.1) is 29.8 Å². The molecule has 0 radical (unpaired) electrons. The van der Waals surface area contributed by atoms with Crippen LogP contribution in [0, 0.1) is 0 Å². The molecule has 0 spiro atoms. The molecule has 3 aromatic rings. The SMILES string of the molecule is C[C@H]1COCCN1c1cc(C(C)(C)S(O)(O)c2ccncc2)nc(-c2ccc(NC(=O)NCCN(C)C)cc2)n1. The Labute approximate surface area is 237 Å². The fraction of sp³-hybridized carbons (Fsp3) is 0.429. The second-order valence-electron chi connectivity index (χ2n) is 10.6. The number of urea groups is 1. The number of nitrogens with zero attached hydrogens (tertiary/aromatic N) is 5. The van der Waals surface area contributed by atoms with Crippen molar-refractivity contribution in [3.05, 3.63) is 60.6 Å². The number of anilines is 2. The molecule has 2 amide bonds. The standard InChI is InChI=1S/C28H39N7O4S/c1-20-19-39-17-16-35(20)25-18-24(28(2,3)40(37,38)23-10-12-29-13-11-23)32-26(33-25)21-6-8-22(9-7-21)31-27(36)30-14-15-34(4)5/h6-13,18,20,37-38H,14-17,19H2,1-5H3,(H2,30,31,36)/t20-/m0/s1. The van der Waals surface area contributed by atoms with E-state index in [1.54, 1.807) is 50.5 Å². The minimum atomic E-state index is -3.32. The van der Waals surface area contributed by atoms with Gasteiger partial charge < -0.3 is 25.2 Å². The molecule has 1 aliphatic heterocycles. The highest BCUT2D eigenvalue weighted by atomic mass is 32.3. The lowest BCUT2D eigenvalue weighted by atomic mass is 10.1. The first-order valence-electron chi connectivity index (χ1n) is 13.2. The summed E-state index contributed by atoms with van der Waals surface area (Å²) in [7, 11) is 0.579. The predicted molar refractivity (Wildman–Crippen MR) is 159 cm³/mol. The van der Waals surface area contributed by atoms with Crippen molar-refractivity contribution in [3.63, 3.8) is 0 Å². The Morgan fingerprint density at radius 2 is 1.85 bits per heavy atom. The maximum atomic E-state index is 12.2. The lowest BCUT2D eigenvalue weighted by molar-refractivity contribution is 0.0985. The van der Waals surface area contributed by atoms with Crippen LogP contribution < -0.4 is 15.5 Å². The lowest BCUT2D eigenvalue weighted by Crippen LogP contribution is -2.44. The molecule has 1 saturated heterocycles. The van der Waals surface area contributed by atoms with Crippen molar-refractivity contribution in [2.75, 3.05) is 57.2 Å². The molecule has 216 valence electrons. The summed E-state index contributed by atoms with van der Waals surface area (Å²) in [6.45, 7) is 8.71. The number of pyridine rings is 1. The van der Waals surface area contributed by atoms with Crippen LogP contribution in [0.1, 0.15) is 26.5 Å². The maximum Gasteiger partial charge on any atom is 0.319 e.